The fraction of sp³-hybridized carbons (Fsp3) is 0.250. The fourth-order valence-corrected chi connectivity index (χ4v) is 2.45. The molecule has 0 aromatic carbocycles. The maximum Gasteiger partial charge on any atom is 0.362 e. The zero-order chi connectivity index (χ0) is 13.3. The molecule has 0 spiro atoms. The molecule has 0 unspecified atom stereocenters. The predicted molar refractivity (Wildman–Crippen MR) is 68.5 cm³/mol. The van der Waals surface area contributed by atoms with Crippen LogP contribution in [0.25, 0.3) is 5.00 Å². The van der Waals surface area contributed by atoms with Gasteiger partial charge >= 0.3 is 5.97 Å². The van der Waals surface area contributed by atoms with Crippen LogP contribution in [0.1, 0.15) is 21.7 Å². The lowest BCUT2D eigenvalue weighted by Gasteiger charge is -2.07. The molecule has 94 valence electrons. The van der Waals surface area contributed by atoms with Crippen molar-refractivity contribution < 1.29 is 9.53 Å². The third-order valence-corrected chi connectivity index (χ3v) is 3.43. The number of rotatable bonds is 2. The second-order valence-corrected chi connectivity index (χ2v) is 4.75. The van der Waals surface area contributed by atoms with E-state index in [1.165, 1.54) is 24.5 Å². The zero-order valence-electron chi connectivity index (χ0n) is 10.3. The van der Waals surface area contributed by atoms with Gasteiger partial charge in [-0.25, -0.2) is 9.48 Å². The van der Waals surface area contributed by atoms with E-state index in [0.717, 1.165) is 10.6 Å². The monoisotopic (exact) mass is 264 g/mol. The van der Waals surface area contributed by atoms with Gasteiger partial charge in [0.15, 0.2) is 0 Å². The van der Waals surface area contributed by atoms with Crippen molar-refractivity contribution in [2.45, 2.75) is 13.8 Å². The summed E-state index contributed by atoms with van der Waals surface area (Å²) in [7, 11) is 1.23. The molecule has 2 aromatic rings. The first-order chi connectivity index (χ1) is 8.52. The molecule has 0 aliphatic carbocycles. The summed E-state index contributed by atoms with van der Waals surface area (Å²) in [5, 5.41) is 6.90. The number of aryl methyl sites for hydroxylation is 2. The Labute approximate surface area is 108 Å². The summed E-state index contributed by atoms with van der Waals surface area (Å²) in [6.45, 7) is 3.74. The van der Waals surface area contributed by atoms with E-state index in [1.807, 2.05) is 18.4 Å². The Kier molecular flexibility index (Phi) is 3.29. The molecule has 2 heterocycles. The van der Waals surface area contributed by atoms with Crippen LogP contribution >= 0.6 is 11.3 Å². The molecule has 0 aliphatic heterocycles. The molecule has 18 heavy (non-hydrogen) atoms. The largest absolute Gasteiger partial charge is 0.464 e. The van der Waals surface area contributed by atoms with Crippen LogP contribution in [0, 0.1) is 13.8 Å². The molecule has 0 aliphatic rings. The number of ether oxygens (including phenoxy) is 1. The van der Waals surface area contributed by atoms with E-state index < -0.39 is 11.4 Å². The molecule has 2 aromatic heterocycles. The summed E-state index contributed by atoms with van der Waals surface area (Å²) in [4.78, 5) is 23.1. The number of carbonyl (C=O) groups excluding carboxylic acids is 1. The number of carbonyl (C=O) groups is 1. The van der Waals surface area contributed by atoms with E-state index in [2.05, 4.69) is 9.84 Å². The first kappa shape index (κ1) is 12.5. The Balaban J connectivity index is 2.61. The van der Waals surface area contributed by atoms with Crippen molar-refractivity contribution in [2.75, 3.05) is 7.11 Å². The van der Waals surface area contributed by atoms with Crippen LogP contribution in [-0.2, 0) is 4.74 Å². The molecule has 0 saturated carbocycles. The number of nitrogens with zero attached hydrogens (tertiary/aromatic N) is 2. The van der Waals surface area contributed by atoms with Crippen LogP contribution in [0.4, 0.5) is 0 Å². The van der Waals surface area contributed by atoms with Gasteiger partial charge in [0, 0.05) is 11.8 Å². The lowest BCUT2D eigenvalue weighted by atomic mass is 10.3. The quantitative estimate of drug-likeness (QED) is 0.774. The molecule has 2 rings (SSSR count). The van der Waals surface area contributed by atoms with Crippen LogP contribution < -0.4 is 5.43 Å². The van der Waals surface area contributed by atoms with E-state index in [4.69, 9.17) is 0 Å². The summed E-state index contributed by atoms with van der Waals surface area (Å²) in [6.07, 6.45) is 0. The normalized spacial score (nSPS) is 10.4. The number of esters is 1. The van der Waals surface area contributed by atoms with Gasteiger partial charge in [-0.1, -0.05) is 0 Å². The van der Waals surface area contributed by atoms with Crippen molar-refractivity contribution in [1.82, 2.24) is 9.78 Å². The van der Waals surface area contributed by atoms with Crippen molar-refractivity contribution in [1.29, 1.82) is 0 Å². The van der Waals surface area contributed by atoms with Gasteiger partial charge < -0.3 is 4.74 Å². The van der Waals surface area contributed by atoms with Crippen molar-refractivity contribution in [3.8, 4) is 5.00 Å². The average Bonchev–Trinajstić information content (AvgIpc) is 2.75. The number of hydrogen-bond donors (Lipinski definition) is 0. The van der Waals surface area contributed by atoms with Crippen molar-refractivity contribution in [3.05, 3.63) is 44.7 Å². The summed E-state index contributed by atoms with van der Waals surface area (Å²) < 4.78 is 6.12. The Bertz CT molecular complexity index is 658. The molecular weight excluding hydrogens is 252 g/mol. The SMILES string of the molecule is COC(=O)c1nn(-c2cc(C)cs2)c(C)cc1=O. The third kappa shape index (κ3) is 2.19. The second-order valence-electron chi connectivity index (χ2n) is 3.86. The maximum absolute atomic E-state index is 11.7. The van der Waals surface area contributed by atoms with Crippen molar-refractivity contribution in [2.24, 2.45) is 0 Å². The average molecular weight is 264 g/mol. The summed E-state index contributed by atoms with van der Waals surface area (Å²) in [5.74, 6) is -0.720. The van der Waals surface area contributed by atoms with E-state index in [-0.39, 0.29) is 5.69 Å². The Morgan fingerprint density at radius 1 is 1.39 bits per heavy atom. The van der Waals surface area contributed by atoms with Gasteiger partial charge in [0.2, 0.25) is 11.1 Å². The molecule has 6 heteroatoms. The second kappa shape index (κ2) is 4.73. The minimum atomic E-state index is -0.720. The van der Waals surface area contributed by atoms with Gasteiger partial charge in [-0.15, -0.1) is 11.3 Å². The maximum atomic E-state index is 11.7. The van der Waals surface area contributed by atoms with Crippen LogP contribution in [-0.4, -0.2) is 22.9 Å². The summed E-state index contributed by atoms with van der Waals surface area (Å²) in [6, 6.07) is 3.32. The van der Waals surface area contributed by atoms with Crippen LogP contribution in [0.2, 0.25) is 0 Å². The molecule has 0 N–H and O–H groups in total. The highest BCUT2D eigenvalue weighted by molar-refractivity contribution is 7.12. The topological polar surface area (TPSA) is 61.2 Å². The lowest BCUT2D eigenvalue weighted by Crippen LogP contribution is -2.23. The minimum absolute atomic E-state index is 0.200. The Hall–Kier alpha value is -1.95. The van der Waals surface area contributed by atoms with Crippen LogP contribution in [0.15, 0.2) is 22.3 Å². The molecular formula is C12H12N2O3S. The van der Waals surface area contributed by atoms with E-state index >= 15 is 0 Å². The molecule has 0 amide bonds. The molecule has 0 radical (unpaired) electrons. The van der Waals surface area contributed by atoms with Crippen molar-refractivity contribution >= 4 is 17.3 Å². The van der Waals surface area contributed by atoms with Gasteiger partial charge in [0.25, 0.3) is 0 Å². The number of methoxy groups -OCH3 is 1. The molecule has 0 fully saturated rings. The first-order valence-electron chi connectivity index (χ1n) is 5.27. The summed E-state index contributed by atoms with van der Waals surface area (Å²) in [5.41, 5.74) is 1.15. The molecule has 0 atom stereocenters. The highest BCUT2D eigenvalue weighted by atomic mass is 32.1. The summed E-state index contributed by atoms with van der Waals surface area (Å²) >= 11 is 1.50. The standard InChI is InChI=1S/C12H12N2O3S/c1-7-4-10(18-6-7)14-8(2)5-9(15)11(13-14)12(16)17-3/h4-6H,1-3H3. The van der Waals surface area contributed by atoms with E-state index in [0.29, 0.717) is 5.69 Å². The first-order valence-corrected chi connectivity index (χ1v) is 6.15. The smallest absolute Gasteiger partial charge is 0.362 e. The third-order valence-electron chi connectivity index (χ3n) is 2.41. The number of aromatic nitrogens is 2. The number of thiophene rings is 1. The highest BCUT2D eigenvalue weighted by Crippen LogP contribution is 2.18. The van der Waals surface area contributed by atoms with Gasteiger partial charge in [0.1, 0.15) is 5.00 Å². The van der Waals surface area contributed by atoms with Gasteiger partial charge in [-0.2, -0.15) is 5.10 Å². The fourth-order valence-electron chi connectivity index (χ4n) is 1.54. The van der Waals surface area contributed by atoms with Gasteiger partial charge in [-0.05, 0) is 30.9 Å². The van der Waals surface area contributed by atoms with E-state index in [9.17, 15) is 9.59 Å². The minimum Gasteiger partial charge on any atom is -0.464 e. The van der Waals surface area contributed by atoms with Gasteiger partial charge in [-0.3, -0.25) is 4.79 Å². The zero-order valence-corrected chi connectivity index (χ0v) is 11.1. The van der Waals surface area contributed by atoms with Crippen molar-refractivity contribution in [3.63, 3.8) is 0 Å². The molecule has 0 saturated heterocycles. The molecule has 5 nitrogen and oxygen atoms in total. The van der Waals surface area contributed by atoms with Gasteiger partial charge in [0.05, 0.1) is 7.11 Å². The molecule has 0 bridgehead atoms. The number of hydrogen-bond acceptors (Lipinski definition) is 5. The van der Waals surface area contributed by atoms with Crippen LogP contribution in [0.3, 0.4) is 0 Å². The highest BCUT2D eigenvalue weighted by Gasteiger charge is 2.15. The Morgan fingerprint density at radius 3 is 2.67 bits per heavy atom. The van der Waals surface area contributed by atoms with Crippen LogP contribution in [0.5, 0.6) is 0 Å². The lowest BCUT2D eigenvalue weighted by molar-refractivity contribution is 0.0590. The Morgan fingerprint density at radius 2 is 2.11 bits per heavy atom. The van der Waals surface area contributed by atoms with E-state index in [1.54, 1.807) is 11.6 Å². The predicted octanol–water partition coefficient (Wildman–Crippen LogP) is 1.70.